The highest BCUT2D eigenvalue weighted by molar-refractivity contribution is 5.53. The van der Waals surface area contributed by atoms with Crippen LogP contribution in [0.25, 0.3) is 0 Å². The van der Waals surface area contributed by atoms with Gasteiger partial charge >= 0.3 is 0 Å². The third kappa shape index (κ3) is 1.18. The van der Waals surface area contributed by atoms with Crippen molar-refractivity contribution in [3.63, 3.8) is 0 Å². The maximum atomic E-state index is 5.38. The predicted octanol–water partition coefficient (Wildman–Crippen LogP) is 2.19. The molecule has 64 valence electrons. The molecule has 2 heteroatoms. The Labute approximate surface area is 72.5 Å². The fourth-order valence-electron chi connectivity index (χ4n) is 1.68. The molecular weight excluding hydrogens is 150 g/mol. The zero-order valence-electron chi connectivity index (χ0n) is 7.21. The van der Waals surface area contributed by atoms with Crippen molar-refractivity contribution >= 4 is 5.69 Å². The van der Waals surface area contributed by atoms with E-state index in [4.69, 9.17) is 4.74 Å². The minimum absolute atomic E-state index is 0.280. The van der Waals surface area contributed by atoms with Gasteiger partial charge in [-0.25, -0.2) is 0 Å². The van der Waals surface area contributed by atoms with Crippen LogP contribution in [0.2, 0.25) is 0 Å². The molecule has 1 atom stereocenters. The second kappa shape index (κ2) is 3.15. The Bertz CT molecular complexity index is 272. The van der Waals surface area contributed by atoms with Crippen molar-refractivity contribution in [1.29, 1.82) is 0 Å². The summed E-state index contributed by atoms with van der Waals surface area (Å²) in [5, 5.41) is 3.35. The first-order valence-electron chi connectivity index (χ1n) is 4.27. The van der Waals surface area contributed by atoms with Gasteiger partial charge in [0.1, 0.15) is 0 Å². The van der Waals surface area contributed by atoms with Gasteiger partial charge in [0, 0.05) is 24.9 Å². The van der Waals surface area contributed by atoms with Crippen LogP contribution in [-0.4, -0.2) is 13.7 Å². The third-order valence-electron chi connectivity index (χ3n) is 2.31. The number of fused-ring (bicyclic) bond motifs is 1. The molecule has 0 fully saturated rings. The van der Waals surface area contributed by atoms with Gasteiger partial charge in [0.25, 0.3) is 0 Å². The number of benzene rings is 1. The molecule has 0 amide bonds. The van der Waals surface area contributed by atoms with Crippen LogP contribution < -0.4 is 5.32 Å². The van der Waals surface area contributed by atoms with E-state index >= 15 is 0 Å². The smallest absolute Gasteiger partial charge is 0.0857 e. The fraction of sp³-hybridized carbons (Fsp3) is 0.400. The van der Waals surface area contributed by atoms with Crippen LogP contribution in [0.15, 0.2) is 24.3 Å². The van der Waals surface area contributed by atoms with Crippen molar-refractivity contribution in [1.82, 2.24) is 0 Å². The summed E-state index contributed by atoms with van der Waals surface area (Å²) in [5.41, 5.74) is 2.50. The number of para-hydroxylation sites is 1. The van der Waals surface area contributed by atoms with Gasteiger partial charge in [-0.1, -0.05) is 18.2 Å². The van der Waals surface area contributed by atoms with Gasteiger partial charge in [-0.2, -0.15) is 0 Å². The van der Waals surface area contributed by atoms with Crippen molar-refractivity contribution in [2.45, 2.75) is 12.5 Å². The van der Waals surface area contributed by atoms with E-state index in [0.29, 0.717) is 0 Å². The molecule has 12 heavy (non-hydrogen) atoms. The van der Waals surface area contributed by atoms with E-state index in [2.05, 4.69) is 23.5 Å². The van der Waals surface area contributed by atoms with Crippen LogP contribution in [0.3, 0.4) is 0 Å². The fourth-order valence-corrected chi connectivity index (χ4v) is 1.68. The standard InChI is InChI=1S/C10H13NO/c1-12-10-6-7-11-9-5-3-2-4-8(9)10/h2-5,10-11H,6-7H2,1H3. The zero-order chi connectivity index (χ0) is 8.39. The van der Waals surface area contributed by atoms with E-state index in [1.807, 2.05) is 6.07 Å². The molecule has 0 aliphatic carbocycles. The Balaban J connectivity index is 2.37. The van der Waals surface area contributed by atoms with Gasteiger partial charge in [0.15, 0.2) is 0 Å². The van der Waals surface area contributed by atoms with Crippen LogP contribution in [0, 0.1) is 0 Å². The Morgan fingerprint density at radius 2 is 2.25 bits per heavy atom. The summed E-state index contributed by atoms with van der Waals surface area (Å²) in [4.78, 5) is 0. The van der Waals surface area contributed by atoms with Crippen LogP contribution in [-0.2, 0) is 4.74 Å². The first-order valence-corrected chi connectivity index (χ1v) is 4.27. The molecule has 1 aliphatic rings. The normalized spacial score (nSPS) is 21.2. The van der Waals surface area contributed by atoms with Crippen LogP contribution in [0.4, 0.5) is 5.69 Å². The van der Waals surface area contributed by atoms with Crippen molar-refractivity contribution in [2.24, 2.45) is 0 Å². The Morgan fingerprint density at radius 1 is 1.42 bits per heavy atom. The molecule has 1 aliphatic heterocycles. The monoisotopic (exact) mass is 163 g/mol. The van der Waals surface area contributed by atoms with E-state index < -0.39 is 0 Å². The molecule has 0 saturated heterocycles. The summed E-state index contributed by atoms with van der Waals surface area (Å²) in [6, 6.07) is 8.32. The summed E-state index contributed by atoms with van der Waals surface area (Å²) in [7, 11) is 1.77. The lowest BCUT2D eigenvalue weighted by Gasteiger charge is -2.25. The molecule has 0 spiro atoms. The van der Waals surface area contributed by atoms with Crippen LogP contribution in [0.1, 0.15) is 18.1 Å². The maximum Gasteiger partial charge on any atom is 0.0857 e. The zero-order valence-corrected chi connectivity index (χ0v) is 7.21. The highest BCUT2D eigenvalue weighted by atomic mass is 16.5. The summed E-state index contributed by atoms with van der Waals surface area (Å²) in [5.74, 6) is 0. The molecule has 0 bridgehead atoms. The van der Waals surface area contributed by atoms with Gasteiger partial charge < -0.3 is 10.1 Å². The summed E-state index contributed by atoms with van der Waals surface area (Å²) >= 11 is 0. The maximum absolute atomic E-state index is 5.38. The summed E-state index contributed by atoms with van der Waals surface area (Å²) in [6.45, 7) is 1.01. The molecule has 1 N–H and O–H groups in total. The van der Waals surface area contributed by atoms with Gasteiger partial charge in [0.05, 0.1) is 6.10 Å². The summed E-state index contributed by atoms with van der Waals surface area (Å²) < 4.78 is 5.38. The lowest BCUT2D eigenvalue weighted by Crippen LogP contribution is -2.17. The molecule has 0 aromatic heterocycles. The second-order valence-electron chi connectivity index (χ2n) is 3.03. The number of rotatable bonds is 1. The van der Waals surface area contributed by atoms with E-state index in [1.54, 1.807) is 7.11 Å². The number of anilines is 1. The molecule has 1 unspecified atom stereocenters. The average Bonchev–Trinajstić information content (AvgIpc) is 2.17. The number of methoxy groups -OCH3 is 1. The van der Waals surface area contributed by atoms with Crippen molar-refractivity contribution in [2.75, 3.05) is 19.0 Å². The summed E-state index contributed by atoms with van der Waals surface area (Å²) in [6.07, 6.45) is 1.34. The van der Waals surface area contributed by atoms with E-state index in [1.165, 1.54) is 11.3 Å². The molecule has 1 heterocycles. The minimum atomic E-state index is 0.280. The molecular formula is C10H13NO. The van der Waals surface area contributed by atoms with Gasteiger partial charge in [0.2, 0.25) is 0 Å². The molecule has 0 saturated carbocycles. The highest BCUT2D eigenvalue weighted by Crippen LogP contribution is 2.31. The first-order chi connectivity index (χ1) is 5.92. The Kier molecular flexibility index (Phi) is 2.00. The molecule has 2 nitrogen and oxygen atoms in total. The van der Waals surface area contributed by atoms with E-state index in [-0.39, 0.29) is 6.10 Å². The van der Waals surface area contributed by atoms with Crippen LogP contribution in [0.5, 0.6) is 0 Å². The number of nitrogens with one attached hydrogen (secondary N) is 1. The SMILES string of the molecule is COC1CCNc2ccccc21. The number of hydrogen-bond acceptors (Lipinski definition) is 2. The van der Waals surface area contributed by atoms with Crippen molar-refractivity contribution < 1.29 is 4.74 Å². The molecule has 0 radical (unpaired) electrons. The number of hydrogen-bond donors (Lipinski definition) is 1. The third-order valence-corrected chi connectivity index (χ3v) is 2.31. The topological polar surface area (TPSA) is 21.3 Å². The molecule has 1 aromatic carbocycles. The Hall–Kier alpha value is -1.02. The van der Waals surface area contributed by atoms with Crippen LogP contribution >= 0.6 is 0 Å². The molecule has 1 aromatic rings. The highest BCUT2D eigenvalue weighted by Gasteiger charge is 2.17. The van der Waals surface area contributed by atoms with Crippen molar-refractivity contribution in [3.05, 3.63) is 29.8 Å². The largest absolute Gasteiger partial charge is 0.385 e. The first kappa shape index (κ1) is 7.62. The van der Waals surface area contributed by atoms with Gasteiger partial charge in [-0.3, -0.25) is 0 Å². The second-order valence-corrected chi connectivity index (χ2v) is 3.03. The lowest BCUT2D eigenvalue weighted by molar-refractivity contribution is 0.0965. The quantitative estimate of drug-likeness (QED) is 0.685. The molecule has 2 rings (SSSR count). The van der Waals surface area contributed by atoms with Gasteiger partial charge in [-0.05, 0) is 12.5 Å². The predicted molar refractivity (Wildman–Crippen MR) is 49.3 cm³/mol. The Morgan fingerprint density at radius 3 is 3.08 bits per heavy atom. The van der Waals surface area contributed by atoms with Gasteiger partial charge in [-0.15, -0.1) is 0 Å². The van der Waals surface area contributed by atoms with Crippen molar-refractivity contribution in [3.8, 4) is 0 Å². The number of ether oxygens (including phenoxy) is 1. The lowest BCUT2D eigenvalue weighted by atomic mass is 10.0. The minimum Gasteiger partial charge on any atom is -0.385 e. The van der Waals surface area contributed by atoms with E-state index in [0.717, 1.165) is 13.0 Å². The van der Waals surface area contributed by atoms with E-state index in [9.17, 15) is 0 Å². The average molecular weight is 163 g/mol.